The Morgan fingerprint density at radius 1 is 1.29 bits per heavy atom. The number of aliphatic hydroxyl groups excluding tert-OH is 1. The van der Waals surface area contributed by atoms with E-state index in [1.165, 1.54) is 0 Å². The number of aliphatic hydroxyl groups is 1. The van der Waals surface area contributed by atoms with Crippen molar-refractivity contribution in [2.24, 2.45) is 5.41 Å². The van der Waals surface area contributed by atoms with Crippen LogP contribution in [-0.4, -0.2) is 37.0 Å². The fourth-order valence-corrected chi connectivity index (χ4v) is 5.52. The highest BCUT2D eigenvalue weighted by atomic mass is 32.2. The first kappa shape index (κ1) is 15.0. The predicted molar refractivity (Wildman–Crippen MR) is 81.5 cm³/mol. The van der Waals surface area contributed by atoms with Crippen LogP contribution in [-0.2, 0) is 10.0 Å². The maximum absolute atomic E-state index is 12.8. The molecule has 21 heavy (non-hydrogen) atoms. The first-order valence-corrected chi connectivity index (χ1v) is 9.13. The summed E-state index contributed by atoms with van der Waals surface area (Å²) in [6.45, 7) is 2.92. The van der Waals surface area contributed by atoms with E-state index in [4.69, 9.17) is 0 Å². The van der Waals surface area contributed by atoms with Crippen molar-refractivity contribution in [2.75, 3.05) is 13.1 Å². The fourth-order valence-electron chi connectivity index (χ4n) is 3.84. The van der Waals surface area contributed by atoms with Crippen LogP contribution in [0.5, 0.6) is 0 Å². The summed E-state index contributed by atoms with van der Waals surface area (Å²) in [7, 11) is -3.45. The molecule has 0 aromatic heterocycles. The lowest BCUT2D eigenvalue weighted by molar-refractivity contribution is 0.0127. The molecule has 0 radical (unpaired) electrons. The Morgan fingerprint density at radius 2 is 2.05 bits per heavy atom. The van der Waals surface area contributed by atoms with Crippen LogP contribution < -0.4 is 0 Å². The van der Waals surface area contributed by atoms with Crippen molar-refractivity contribution >= 4 is 10.0 Å². The monoisotopic (exact) mass is 309 g/mol. The van der Waals surface area contributed by atoms with Gasteiger partial charge in [-0.1, -0.05) is 18.6 Å². The van der Waals surface area contributed by atoms with Crippen LogP contribution in [0.4, 0.5) is 0 Å². The Kier molecular flexibility index (Phi) is 3.84. The molecule has 4 nitrogen and oxygen atoms in total. The maximum Gasteiger partial charge on any atom is 0.243 e. The molecule has 1 aliphatic heterocycles. The number of rotatable bonds is 2. The molecule has 1 saturated carbocycles. The van der Waals surface area contributed by atoms with Crippen molar-refractivity contribution in [3.63, 3.8) is 0 Å². The summed E-state index contributed by atoms with van der Waals surface area (Å²) in [4.78, 5) is 0.368. The third-order valence-corrected chi connectivity index (χ3v) is 6.90. The van der Waals surface area contributed by atoms with Gasteiger partial charge in [0.2, 0.25) is 10.0 Å². The van der Waals surface area contributed by atoms with Gasteiger partial charge in [-0.2, -0.15) is 4.31 Å². The highest BCUT2D eigenvalue weighted by Gasteiger charge is 2.47. The normalized spacial score (nSPS) is 30.9. The van der Waals surface area contributed by atoms with E-state index >= 15 is 0 Å². The van der Waals surface area contributed by atoms with Gasteiger partial charge in [0.15, 0.2) is 0 Å². The topological polar surface area (TPSA) is 57.6 Å². The van der Waals surface area contributed by atoms with Gasteiger partial charge >= 0.3 is 0 Å². The number of hydrogen-bond acceptors (Lipinski definition) is 3. The lowest BCUT2D eigenvalue weighted by Gasteiger charge is -2.41. The molecular weight excluding hydrogens is 286 g/mol. The van der Waals surface area contributed by atoms with E-state index in [9.17, 15) is 13.5 Å². The first-order valence-electron chi connectivity index (χ1n) is 7.69. The second-order valence-electron chi connectivity index (χ2n) is 6.53. The minimum Gasteiger partial charge on any atom is -0.392 e. The minimum absolute atomic E-state index is 0.213. The molecule has 5 heteroatoms. The largest absolute Gasteiger partial charge is 0.392 e. The molecule has 1 unspecified atom stereocenters. The zero-order valence-corrected chi connectivity index (χ0v) is 13.3. The summed E-state index contributed by atoms with van der Waals surface area (Å²) in [5.74, 6) is 0. The van der Waals surface area contributed by atoms with Crippen molar-refractivity contribution in [3.05, 3.63) is 29.8 Å². The standard InChI is InChI=1S/C16H23NO3S/c1-13-5-2-6-14(11-13)21(19,20)17-10-4-9-16(12-17)8-3-7-15(16)18/h2,5-6,11,15,18H,3-4,7-10,12H2,1H3/t15?,16-/m1/s1. The molecule has 1 heterocycles. The van der Waals surface area contributed by atoms with E-state index < -0.39 is 10.0 Å². The smallest absolute Gasteiger partial charge is 0.243 e. The molecule has 116 valence electrons. The first-order chi connectivity index (χ1) is 9.94. The van der Waals surface area contributed by atoms with E-state index in [1.807, 2.05) is 13.0 Å². The van der Waals surface area contributed by atoms with Gasteiger partial charge in [0.1, 0.15) is 0 Å². The molecule has 2 fully saturated rings. The molecule has 1 aliphatic carbocycles. The summed E-state index contributed by atoms with van der Waals surface area (Å²) < 4.78 is 27.2. The van der Waals surface area contributed by atoms with Crippen LogP contribution in [0.3, 0.4) is 0 Å². The van der Waals surface area contributed by atoms with Crippen molar-refractivity contribution in [1.29, 1.82) is 0 Å². The zero-order valence-electron chi connectivity index (χ0n) is 12.5. The maximum atomic E-state index is 12.8. The van der Waals surface area contributed by atoms with E-state index in [0.717, 1.165) is 37.7 Å². The lowest BCUT2D eigenvalue weighted by Crippen LogP contribution is -2.49. The van der Waals surface area contributed by atoms with Gasteiger partial charge in [0.25, 0.3) is 0 Å². The van der Waals surface area contributed by atoms with Crippen molar-refractivity contribution in [1.82, 2.24) is 4.31 Å². The molecule has 1 aromatic carbocycles. The van der Waals surface area contributed by atoms with E-state index in [2.05, 4.69) is 0 Å². The fraction of sp³-hybridized carbons (Fsp3) is 0.625. The average molecular weight is 309 g/mol. The highest BCUT2D eigenvalue weighted by molar-refractivity contribution is 7.89. The molecule has 1 spiro atoms. The number of nitrogens with zero attached hydrogens (tertiary/aromatic N) is 1. The molecule has 1 aromatic rings. The van der Waals surface area contributed by atoms with Crippen molar-refractivity contribution in [2.45, 2.75) is 50.0 Å². The second-order valence-corrected chi connectivity index (χ2v) is 8.47. The van der Waals surface area contributed by atoms with Gasteiger partial charge < -0.3 is 5.11 Å². The van der Waals surface area contributed by atoms with Gasteiger partial charge in [-0.05, 0) is 50.3 Å². The molecular formula is C16H23NO3S. The van der Waals surface area contributed by atoms with Crippen LogP contribution in [0.1, 0.15) is 37.7 Å². The van der Waals surface area contributed by atoms with Crippen LogP contribution in [0.2, 0.25) is 0 Å². The van der Waals surface area contributed by atoms with Crippen LogP contribution in [0.15, 0.2) is 29.2 Å². The third kappa shape index (κ3) is 2.62. The van der Waals surface area contributed by atoms with Gasteiger partial charge in [-0.25, -0.2) is 8.42 Å². The van der Waals surface area contributed by atoms with Crippen molar-refractivity contribution < 1.29 is 13.5 Å². The summed E-state index contributed by atoms with van der Waals surface area (Å²) in [5, 5.41) is 10.3. The highest BCUT2D eigenvalue weighted by Crippen LogP contribution is 2.45. The Morgan fingerprint density at radius 3 is 2.71 bits per heavy atom. The number of aryl methyl sites for hydroxylation is 1. The molecule has 0 bridgehead atoms. The van der Waals surface area contributed by atoms with E-state index in [1.54, 1.807) is 22.5 Å². The van der Waals surface area contributed by atoms with Crippen LogP contribution in [0, 0.1) is 12.3 Å². The quantitative estimate of drug-likeness (QED) is 0.912. The Hall–Kier alpha value is -0.910. The summed E-state index contributed by atoms with van der Waals surface area (Å²) in [5.41, 5.74) is 0.735. The molecule has 1 saturated heterocycles. The zero-order chi connectivity index (χ0) is 15.1. The van der Waals surface area contributed by atoms with E-state index in [0.29, 0.717) is 18.0 Å². The second kappa shape index (κ2) is 5.38. The molecule has 3 rings (SSSR count). The Labute approximate surface area is 126 Å². The van der Waals surface area contributed by atoms with Crippen LogP contribution in [0.25, 0.3) is 0 Å². The molecule has 2 aliphatic rings. The summed E-state index contributed by atoms with van der Waals surface area (Å²) >= 11 is 0. The molecule has 2 atom stereocenters. The number of piperidine rings is 1. The Balaban J connectivity index is 1.89. The summed E-state index contributed by atoms with van der Waals surface area (Å²) in [6, 6.07) is 7.07. The third-order valence-electron chi connectivity index (χ3n) is 5.06. The predicted octanol–water partition coefficient (Wildman–Crippen LogP) is 2.31. The SMILES string of the molecule is Cc1cccc(S(=O)(=O)N2CCC[C@]3(CCCC3O)C2)c1. The average Bonchev–Trinajstić information content (AvgIpc) is 2.80. The van der Waals surface area contributed by atoms with Crippen molar-refractivity contribution in [3.8, 4) is 0 Å². The minimum atomic E-state index is -3.45. The van der Waals surface area contributed by atoms with Gasteiger partial charge in [-0.15, -0.1) is 0 Å². The number of hydrogen-bond donors (Lipinski definition) is 1. The molecule has 1 N–H and O–H groups in total. The number of sulfonamides is 1. The van der Waals surface area contributed by atoms with Gasteiger partial charge in [0.05, 0.1) is 11.0 Å². The Bertz CT molecular complexity index is 628. The van der Waals surface area contributed by atoms with Gasteiger partial charge in [-0.3, -0.25) is 0 Å². The van der Waals surface area contributed by atoms with Gasteiger partial charge in [0, 0.05) is 18.5 Å². The lowest BCUT2D eigenvalue weighted by atomic mass is 9.77. The van der Waals surface area contributed by atoms with Crippen LogP contribution >= 0.6 is 0 Å². The van der Waals surface area contributed by atoms with E-state index in [-0.39, 0.29) is 11.5 Å². The summed E-state index contributed by atoms with van der Waals surface area (Å²) in [6.07, 6.45) is 4.16. The number of benzene rings is 1. The molecule has 0 amide bonds.